The molecule has 5 heteroatoms. The van der Waals surface area contributed by atoms with E-state index in [0.717, 1.165) is 37.7 Å². The Labute approximate surface area is 156 Å². The van der Waals surface area contributed by atoms with Crippen LogP contribution in [0.1, 0.15) is 63.4 Å². The van der Waals surface area contributed by atoms with Crippen molar-refractivity contribution in [3.8, 4) is 5.75 Å². The van der Waals surface area contributed by atoms with Gasteiger partial charge in [0.25, 0.3) is 0 Å². The number of fused-ring (bicyclic) bond motifs is 1. The minimum atomic E-state index is -0.0436. The van der Waals surface area contributed by atoms with Gasteiger partial charge < -0.3 is 4.74 Å². The number of nitrogens with zero attached hydrogens (tertiary/aromatic N) is 4. The van der Waals surface area contributed by atoms with Crippen LogP contribution in [0.3, 0.4) is 0 Å². The van der Waals surface area contributed by atoms with Crippen molar-refractivity contribution < 1.29 is 4.74 Å². The average molecular weight is 354 g/mol. The molecule has 0 saturated heterocycles. The maximum Gasteiger partial charge on any atom is 0.141 e. The van der Waals surface area contributed by atoms with E-state index in [1.165, 1.54) is 36.8 Å². The Balaban J connectivity index is 1.56. The molecule has 0 radical (unpaired) electrons. The minimum Gasteiger partial charge on any atom is -0.493 e. The second kappa shape index (κ2) is 7.03. The fourth-order valence-electron chi connectivity index (χ4n) is 4.27. The maximum atomic E-state index is 5.66. The van der Waals surface area contributed by atoms with E-state index < -0.39 is 0 Å². The minimum absolute atomic E-state index is 0.0436. The van der Waals surface area contributed by atoms with Crippen molar-refractivity contribution >= 4 is 0 Å². The van der Waals surface area contributed by atoms with Crippen LogP contribution in [0.15, 0.2) is 24.5 Å². The van der Waals surface area contributed by atoms with Gasteiger partial charge in [-0.15, -0.1) is 0 Å². The molecule has 1 saturated carbocycles. The first-order chi connectivity index (χ1) is 12.5. The molecule has 1 aromatic carbocycles. The van der Waals surface area contributed by atoms with Gasteiger partial charge in [-0.25, -0.2) is 9.67 Å². The van der Waals surface area contributed by atoms with Crippen LogP contribution in [0.2, 0.25) is 0 Å². The highest BCUT2D eigenvalue weighted by Crippen LogP contribution is 2.30. The Morgan fingerprint density at radius 2 is 2.00 bits per heavy atom. The first kappa shape index (κ1) is 17.5. The summed E-state index contributed by atoms with van der Waals surface area (Å²) in [5, 5.41) is 4.48. The zero-order chi connectivity index (χ0) is 18.1. The molecule has 0 bridgehead atoms. The van der Waals surface area contributed by atoms with E-state index in [-0.39, 0.29) is 5.54 Å². The molecule has 1 fully saturated rings. The molecule has 4 rings (SSSR count). The molecule has 0 spiro atoms. The fraction of sp³-hybridized carbons (Fsp3) is 0.619. The van der Waals surface area contributed by atoms with Crippen LogP contribution in [0.25, 0.3) is 0 Å². The Hall–Kier alpha value is -1.88. The molecule has 1 aliphatic heterocycles. The van der Waals surface area contributed by atoms with Crippen LogP contribution in [0, 0.1) is 0 Å². The topological polar surface area (TPSA) is 43.2 Å². The van der Waals surface area contributed by atoms with Gasteiger partial charge in [-0.3, -0.25) is 4.90 Å². The molecular weight excluding hydrogens is 324 g/mol. The highest BCUT2D eigenvalue weighted by molar-refractivity contribution is 5.39. The third-order valence-corrected chi connectivity index (χ3v) is 5.58. The van der Waals surface area contributed by atoms with Gasteiger partial charge in [0.05, 0.1) is 18.7 Å². The summed E-state index contributed by atoms with van der Waals surface area (Å²) >= 11 is 0. The van der Waals surface area contributed by atoms with Crippen LogP contribution >= 0.6 is 0 Å². The number of aromatic nitrogens is 3. The summed E-state index contributed by atoms with van der Waals surface area (Å²) in [4.78, 5) is 7.19. The summed E-state index contributed by atoms with van der Waals surface area (Å²) in [5.74, 6) is 2.13. The lowest BCUT2D eigenvalue weighted by Crippen LogP contribution is -2.35. The van der Waals surface area contributed by atoms with Gasteiger partial charge >= 0.3 is 0 Å². The fourth-order valence-corrected chi connectivity index (χ4v) is 4.27. The Kier molecular flexibility index (Phi) is 4.74. The molecule has 26 heavy (non-hydrogen) atoms. The Bertz CT molecular complexity index is 756. The quantitative estimate of drug-likeness (QED) is 0.816. The molecule has 0 atom stereocenters. The van der Waals surface area contributed by atoms with Crippen molar-refractivity contribution in [3.63, 3.8) is 0 Å². The van der Waals surface area contributed by atoms with Crippen LogP contribution in [-0.2, 0) is 25.0 Å². The first-order valence-corrected chi connectivity index (χ1v) is 9.89. The van der Waals surface area contributed by atoms with Gasteiger partial charge in [-0.05, 0) is 50.8 Å². The predicted molar refractivity (Wildman–Crippen MR) is 102 cm³/mol. The summed E-state index contributed by atoms with van der Waals surface area (Å²) in [6, 6.07) is 7.34. The summed E-state index contributed by atoms with van der Waals surface area (Å²) < 4.78 is 7.74. The van der Waals surface area contributed by atoms with Crippen LogP contribution in [0.4, 0.5) is 0 Å². The molecule has 5 nitrogen and oxygen atoms in total. The number of hydrogen-bond donors (Lipinski definition) is 0. The van der Waals surface area contributed by atoms with Crippen LogP contribution in [0.5, 0.6) is 5.75 Å². The van der Waals surface area contributed by atoms with Gasteiger partial charge in [0.15, 0.2) is 0 Å². The van der Waals surface area contributed by atoms with Crippen molar-refractivity contribution in [3.05, 3.63) is 41.5 Å². The average Bonchev–Trinajstić information content (AvgIpc) is 3.34. The van der Waals surface area contributed by atoms with Crippen molar-refractivity contribution in [2.24, 2.45) is 0 Å². The maximum absolute atomic E-state index is 5.66. The van der Waals surface area contributed by atoms with Gasteiger partial charge in [-0.2, -0.15) is 5.10 Å². The van der Waals surface area contributed by atoms with E-state index >= 15 is 0 Å². The largest absolute Gasteiger partial charge is 0.493 e. The van der Waals surface area contributed by atoms with Crippen LogP contribution < -0.4 is 4.74 Å². The summed E-state index contributed by atoms with van der Waals surface area (Å²) in [6.07, 6.45) is 7.98. The van der Waals surface area contributed by atoms with Crippen molar-refractivity contribution in [1.82, 2.24) is 19.7 Å². The lowest BCUT2D eigenvalue weighted by Gasteiger charge is -2.30. The van der Waals surface area contributed by atoms with E-state index in [2.05, 4.69) is 58.6 Å². The standard InChI is InChI=1S/C21H30N4O/c1-21(2,3)25-20(22-15-23-25)14-24(18-6-4-5-7-18)13-16-8-9-19-17(12-16)10-11-26-19/h8-9,12,15,18H,4-7,10-11,13-14H2,1-3H3. The molecule has 140 valence electrons. The molecule has 2 aromatic rings. The third kappa shape index (κ3) is 3.63. The molecule has 0 N–H and O–H groups in total. The molecule has 2 aliphatic rings. The van der Waals surface area contributed by atoms with Gasteiger partial charge in [0.2, 0.25) is 0 Å². The first-order valence-electron chi connectivity index (χ1n) is 9.89. The molecule has 0 amide bonds. The van der Waals surface area contributed by atoms with Gasteiger partial charge in [0.1, 0.15) is 17.9 Å². The second-order valence-electron chi connectivity index (χ2n) is 8.64. The summed E-state index contributed by atoms with van der Waals surface area (Å²) in [5.41, 5.74) is 2.69. The Morgan fingerprint density at radius 1 is 1.19 bits per heavy atom. The molecule has 0 unspecified atom stereocenters. The number of benzene rings is 1. The molecule has 1 aromatic heterocycles. The zero-order valence-electron chi connectivity index (χ0n) is 16.2. The summed E-state index contributed by atoms with van der Waals surface area (Å²) in [6.45, 7) is 9.20. The smallest absolute Gasteiger partial charge is 0.141 e. The molecule has 1 aliphatic carbocycles. The highest BCUT2D eigenvalue weighted by Gasteiger charge is 2.26. The van der Waals surface area contributed by atoms with Crippen LogP contribution in [-0.4, -0.2) is 32.3 Å². The van der Waals surface area contributed by atoms with E-state index in [0.29, 0.717) is 6.04 Å². The summed E-state index contributed by atoms with van der Waals surface area (Å²) in [7, 11) is 0. The Morgan fingerprint density at radius 3 is 2.77 bits per heavy atom. The van der Waals surface area contributed by atoms with E-state index in [1.807, 2.05) is 0 Å². The van der Waals surface area contributed by atoms with Gasteiger partial charge in [0, 0.05) is 19.0 Å². The van der Waals surface area contributed by atoms with Crippen molar-refractivity contribution in [2.45, 2.75) is 77.5 Å². The third-order valence-electron chi connectivity index (χ3n) is 5.58. The molecule has 2 heterocycles. The van der Waals surface area contributed by atoms with E-state index in [4.69, 9.17) is 4.74 Å². The van der Waals surface area contributed by atoms with Gasteiger partial charge in [-0.1, -0.05) is 25.0 Å². The van der Waals surface area contributed by atoms with Crippen molar-refractivity contribution in [1.29, 1.82) is 0 Å². The predicted octanol–water partition coefficient (Wildman–Crippen LogP) is 3.91. The number of hydrogen-bond acceptors (Lipinski definition) is 4. The highest BCUT2D eigenvalue weighted by atomic mass is 16.5. The van der Waals surface area contributed by atoms with E-state index in [1.54, 1.807) is 6.33 Å². The second-order valence-corrected chi connectivity index (χ2v) is 8.64. The normalized spacial score (nSPS) is 17.7. The number of ether oxygens (including phenoxy) is 1. The molecular formula is C21H30N4O. The number of rotatable bonds is 5. The SMILES string of the molecule is CC(C)(C)n1ncnc1CN(Cc1ccc2c(c1)CCO2)C1CCCC1. The lowest BCUT2D eigenvalue weighted by atomic mass is 10.1. The monoisotopic (exact) mass is 354 g/mol. The van der Waals surface area contributed by atoms with Crippen molar-refractivity contribution in [2.75, 3.05) is 6.61 Å². The van der Waals surface area contributed by atoms with E-state index in [9.17, 15) is 0 Å². The zero-order valence-corrected chi connectivity index (χ0v) is 16.2. The lowest BCUT2D eigenvalue weighted by molar-refractivity contribution is 0.167.